The zero-order valence-electron chi connectivity index (χ0n) is 10.2. The van der Waals surface area contributed by atoms with Crippen molar-refractivity contribution in [3.05, 3.63) is 29.8 Å². The molecule has 0 bridgehead atoms. The molecular formula is C13H20N2O. The van der Waals surface area contributed by atoms with E-state index in [1.54, 1.807) is 0 Å². The molecule has 0 fully saturated rings. The van der Waals surface area contributed by atoms with Crippen LogP contribution >= 0.6 is 0 Å². The molecule has 0 aromatic heterocycles. The van der Waals surface area contributed by atoms with Gasteiger partial charge in [-0.1, -0.05) is 32.4 Å². The van der Waals surface area contributed by atoms with Crippen LogP contribution in [0.25, 0.3) is 0 Å². The largest absolute Gasteiger partial charge is 0.325 e. The SMILES string of the molecule is CCC(C)[C@H](N)C(=O)Nc1cccc(C)c1. The van der Waals surface area contributed by atoms with Gasteiger partial charge in [0.25, 0.3) is 0 Å². The zero-order valence-corrected chi connectivity index (χ0v) is 10.2. The normalized spacial score (nSPS) is 14.2. The molecule has 1 amide bonds. The van der Waals surface area contributed by atoms with Crippen LogP contribution in [0.1, 0.15) is 25.8 Å². The van der Waals surface area contributed by atoms with E-state index in [1.807, 2.05) is 45.0 Å². The number of carbonyl (C=O) groups excluding carboxylic acids is 1. The topological polar surface area (TPSA) is 55.1 Å². The first-order chi connectivity index (χ1) is 7.54. The summed E-state index contributed by atoms with van der Waals surface area (Å²) in [6.45, 7) is 6.01. The molecule has 3 N–H and O–H groups in total. The van der Waals surface area contributed by atoms with Crippen LogP contribution < -0.4 is 11.1 Å². The molecule has 0 radical (unpaired) electrons. The lowest BCUT2D eigenvalue weighted by Crippen LogP contribution is -2.40. The van der Waals surface area contributed by atoms with Gasteiger partial charge < -0.3 is 11.1 Å². The van der Waals surface area contributed by atoms with Crippen LogP contribution in [0.15, 0.2) is 24.3 Å². The lowest BCUT2D eigenvalue weighted by molar-refractivity contribution is -0.118. The number of hydrogen-bond donors (Lipinski definition) is 2. The van der Waals surface area contributed by atoms with Gasteiger partial charge in [-0.2, -0.15) is 0 Å². The van der Waals surface area contributed by atoms with Gasteiger partial charge in [0.1, 0.15) is 0 Å². The second-order valence-electron chi connectivity index (χ2n) is 4.27. The molecule has 0 saturated carbocycles. The van der Waals surface area contributed by atoms with Crippen molar-refractivity contribution in [3.8, 4) is 0 Å². The molecule has 1 aromatic carbocycles. The van der Waals surface area contributed by atoms with Gasteiger partial charge >= 0.3 is 0 Å². The molecule has 0 aliphatic heterocycles. The summed E-state index contributed by atoms with van der Waals surface area (Å²) in [6, 6.07) is 7.27. The highest BCUT2D eigenvalue weighted by atomic mass is 16.2. The van der Waals surface area contributed by atoms with E-state index in [0.717, 1.165) is 17.7 Å². The van der Waals surface area contributed by atoms with Crippen LogP contribution in [0, 0.1) is 12.8 Å². The number of carbonyl (C=O) groups is 1. The van der Waals surface area contributed by atoms with Crippen molar-refractivity contribution in [1.82, 2.24) is 0 Å². The molecule has 0 aliphatic rings. The Morgan fingerprint density at radius 3 is 2.75 bits per heavy atom. The first-order valence-corrected chi connectivity index (χ1v) is 5.67. The maximum Gasteiger partial charge on any atom is 0.241 e. The molecule has 3 heteroatoms. The predicted molar refractivity (Wildman–Crippen MR) is 67.2 cm³/mol. The van der Waals surface area contributed by atoms with E-state index in [1.165, 1.54) is 0 Å². The van der Waals surface area contributed by atoms with Gasteiger partial charge in [0.05, 0.1) is 6.04 Å². The molecule has 0 aliphatic carbocycles. The molecule has 16 heavy (non-hydrogen) atoms. The summed E-state index contributed by atoms with van der Waals surface area (Å²) in [6.07, 6.45) is 0.905. The van der Waals surface area contributed by atoms with Crippen LogP contribution in [0.2, 0.25) is 0 Å². The highest BCUT2D eigenvalue weighted by Crippen LogP contribution is 2.12. The molecule has 1 aromatic rings. The summed E-state index contributed by atoms with van der Waals surface area (Å²) in [5.41, 5.74) is 7.77. The lowest BCUT2D eigenvalue weighted by atomic mass is 9.99. The fourth-order valence-electron chi connectivity index (χ4n) is 1.46. The summed E-state index contributed by atoms with van der Waals surface area (Å²) in [7, 11) is 0. The molecule has 1 rings (SSSR count). The van der Waals surface area contributed by atoms with Crippen molar-refractivity contribution >= 4 is 11.6 Å². The summed E-state index contributed by atoms with van der Waals surface area (Å²) in [5.74, 6) is 0.0877. The number of anilines is 1. The van der Waals surface area contributed by atoms with Crippen LogP contribution in [-0.2, 0) is 4.79 Å². The van der Waals surface area contributed by atoms with E-state index in [9.17, 15) is 4.79 Å². The van der Waals surface area contributed by atoms with Crippen LogP contribution in [0.5, 0.6) is 0 Å². The average molecular weight is 220 g/mol. The van der Waals surface area contributed by atoms with Crippen molar-refractivity contribution in [3.63, 3.8) is 0 Å². The third-order valence-corrected chi connectivity index (χ3v) is 2.85. The Bertz CT molecular complexity index is 363. The monoisotopic (exact) mass is 220 g/mol. The second-order valence-corrected chi connectivity index (χ2v) is 4.27. The van der Waals surface area contributed by atoms with Gasteiger partial charge in [-0.05, 0) is 30.5 Å². The highest BCUT2D eigenvalue weighted by molar-refractivity contribution is 5.94. The molecule has 88 valence electrons. The average Bonchev–Trinajstić information content (AvgIpc) is 2.27. The minimum atomic E-state index is -0.439. The fraction of sp³-hybridized carbons (Fsp3) is 0.462. The first-order valence-electron chi connectivity index (χ1n) is 5.67. The Labute approximate surface area is 97.0 Å². The molecule has 0 heterocycles. The van der Waals surface area contributed by atoms with E-state index >= 15 is 0 Å². The van der Waals surface area contributed by atoms with E-state index in [0.29, 0.717) is 0 Å². The van der Waals surface area contributed by atoms with Gasteiger partial charge in [0.2, 0.25) is 5.91 Å². The van der Waals surface area contributed by atoms with Crippen molar-refractivity contribution in [1.29, 1.82) is 0 Å². The molecule has 2 atom stereocenters. The van der Waals surface area contributed by atoms with E-state index in [-0.39, 0.29) is 11.8 Å². The minimum absolute atomic E-state index is 0.111. The first kappa shape index (κ1) is 12.7. The minimum Gasteiger partial charge on any atom is -0.325 e. The Morgan fingerprint density at radius 2 is 2.19 bits per heavy atom. The summed E-state index contributed by atoms with van der Waals surface area (Å²) >= 11 is 0. The molecular weight excluding hydrogens is 200 g/mol. The number of rotatable bonds is 4. The van der Waals surface area contributed by atoms with Gasteiger partial charge in [-0.3, -0.25) is 4.79 Å². The standard InChI is InChI=1S/C13H20N2O/c1-4-10(3)12(14)13(16)15-11-7-5-6-9(2)8-11/h5-8,10,12H,4,14H2,1-3H3,(H,15,16)/t10?,12-/m0/s1. The number of hydrogen-bond acceptors (Lipinski definition) is 2. The summed E-state index contributed by atoms with van der Waals surface area (Å²) in [4.78, 5) is 11.8. The second kappa shape index (κ2) is 5.66. The zero-order chi connectivity index (χ0) is 12.1. The maximum atomic E-state index is 11.8. The van der Waals surface area contributed by atoms with Gasteiger partial charge in [-0.15, -0.1) is 0 Å². The quantitative estimate of drug-likeness (QED) is 0.818. The number of aryl methyl sites for hydroxylation is 1. The van der Waals surface area contributed by atoms with E-state index in [2.05, 4.69) is 5.32 Å². The van der Waals surface area contributed by atoms with Crippen LogP contribution in [-0.4, -0.2) is 11.9 Å². The molecule has 3 nitrogen and oxygen atoms in total. The van der Waals surface area contributed by atoms with Crippen molar-refractivity contribution < 1.29 is 4.79 Å². The Morgan fingerprint density at radius 1 is 1.50 bits per heavy atom. The fourth-order valence-corrected chi connectivity index (χ4v) is 1.46. The smallest absolute Gasteiger partial charge is 0.241 e. The molecule has 0 spiro atoms. The van der Waals surface area contributed by atoms with Crippen molar-refractivity contribution in [2.45, 2.75) is 33.2 Å². The summed E-state index contributed by atoms with van der Waals surface area (Å²) in [5, 5.41) is 2.83. The number of benzene rings is 1. The van der Waals surface area contributed by atoms with Crippen molar-refractivity contribution in [2.75, 3.05) is 5.32 Å². The maximum absolute atomic E-state index is 11.8. The number of amides is 1. The van der Waals surface area contributed by atoms with Gasteiger partial charge in [-0.25, -0.2) is 0 Å². The van der Waals surface area contributed by atoms with Crippen molar-refractivity contribution in [2.24, 2.45) is 11.7 Å². The lowest BCUT2D eigenvalue weighted by Gasteiger charge is -2.17. The third kappa shape index (κ3) is 3.35. The highest BCUT2D eigenvalue weighted by Gasteiger charge is 2.19. The Balaban J connectivity index is 2.64. The van der Waals surface area contributed by atoms with Crippen LogP contribution in [0.3, 0.4) is 0 Å². The third-order valence-electron chi connectivity index (χ3n) is 2.85. The Kier molecular flexibility index (Phi) is 4.50. The Hall–Kier alpha value is -1.35. The van der Waals surface area contributed by atoms with E-state index in [4.69, 9.17) is 5.73 Å². The van der Waals surface area contributed by atoms with Crippen LogP contribution in [0.4, 0.5) is 5.69 Å². The molecule has 0 saturated heterocycles. The van der Waals surface area contributed by atoms with E-state index < -0.39 is 6.04 Å². The van der Waals surface area contributed by atoms with Gasteiger partial charge in [0, 0.05) is 5.69 Å². The van der Waals surface area contributed by atoms with Gasteiger partial charge in [0.15, 0.2) is 0 Å². The molecule has 1 unspecified atom stereocenters. The number of nitrogens with one attached hydrogen (secondary N) is 1. The summed E-state index contributed by atoms with van der Waals surface area (Å²) < 4.78 is 0. The number of nitrogens with two attached hydrogens (primary N) is 1. The predicted octanol–water partition coefficient (Wildman–Crippen LogP) is 2.31.